The molecule has 1 amide bonds. The van der Waals surface area contributed by atoms with Crippen LogP contribution in [-0.4, -0.2) is 12.5 Å². The lowest BCUT2D eigenvalue weighted by Gasteiger charge is -2.22. The number of hydrogen-bond donors (Lipinski definition) is 2. The van der Waals surface area contributed by atoms with Gasteiger partial charge >= 0.3 is 0 Å². The fraction of sp³-hybridized carbons (Fsp3) is 0.161. The molecule has 0 aliphatic heterocycles. The van der Waals surface area contributed by atoms with Gasteiger partial charge in [0.25, 0.3) is 0 Å². The molecule has 0 unspecified atom stereocenters. The SMILES string of the molecule is CCOc1cc([C@H](Nc2ccc(C#N)cc2)C(=O)NCc2ccccc2)ccc1OCc1ccccc1. The molecule has 186 valence electrons. The summed E-state index contributed by atoms with van der Waals surface area (Å²) in [7, 11) is 0. The lowest BCUT2D eigenvalue weighted by molar-refractivity contribution is -0.122. The summed E-state index contributed by atoms with van der Waals surface area (Å²) in [6, 6.07) is 33.6. The largest absolute Gasteiger partial charge is 0.490 e. The van der Waals surface area contributed by atoms with Gasteiger partial charge in [0.1, 0.15) is 12.6 Å². The number of hydrogen-bond acceptors (Lipinski definition) is 5. The predicted octanol–water partition coefficient (Wildman–Crippen LogP) is 6.01. The molecule has 4 aromatic carbocycles. The number of anilines is 1. The van der Waals surface area contributed by atoms with Crippen molar-refractivity contribution in [2.24, 2.45) is 0 Å². The van der Waals surface area contributed by atoms with Crippen molar-refractivity contribution in [3.8, 4) is 17.6 Å². The molecular formula is C31H29N3O3. The van der Waals surface area contributed by atoms with Gasteiger partial charge in [0, 0.05) is 12.2 Å². The molecule has 0 radical (unpaired) electrons. The Morgan fingerprint density at radius 2 is 1.51 bits per heavy atom. The fourth-order valence-corrected chi connectivity index (χ4v) is 3.82. The van der Waals surface area contributed by atoms with Gasteiger partial charge in [-0.25, -0.2) is 0 Å². The van der Waals surface area contributed by atoms with Crippen LogP contribution in [0.25, 0.3) is 0 Å². The lowest BCUT2D eigenvalue weighted by atomic mass is 10.0. The van der Waals surface area contributed by atoms with E-state index < -0.39 is 6.04 Å². The number of nitrogens with zero attached hydrogens (tertiary/aromatic N) is 1. The molecule has 0 saturated carbocycles. The first-order valence-corrected chi connectivity index (χ1v) is 12.2. The average Bonchev–Trinajstić information content (AvgIpc) is 2.95. The van der Waals surface area contributed by atoms with Crippen molar-refractivity contribution < 1.29 is 14.3 Å². The van der Waals surface area contributed by atoms with E-state index in [1.165, 1.54) is 0 Å². The first-order valence-electron chi connectivity index (χ1n) is 12.2. The van der Waals surface area contributed by atoms with E-state index in [-0.39, 0.29) is 5.91 Å². The second-order valence-corrected chi connectivity index (χ2v) is 8.38. The Morgan fingerprint density at radius 1 is 0.838 bits per heavy atom. The summed E-state index contributed by atoms with van der Waals surface area (Å²) in [5.41, 5.74) is 4.06. The number of carbonyl (C=O) groups is 1. The van der Waals surface area contributed by atoms with Crippen molar-refractivity contribution in [2.75, 3.05) is 11.9 Å². The van der Waals surface area contributed by atoms with Crippen LogP contribution in [0.5, 0.6) is 11.5 Å². The summed E-state index contributed by atoms with van der Waals surface area (Å²) >= 11 is 0. The Labute approximate surface area is 217 Å². The zero-order chi connectivity index (χ0) is 25.9. The molecule has 0 aliphatic carbocycles. The highest BCUT2D eigenvalue weighted by Crippen LogP contribution is 2.33. The number of benzene rings is 4. The van der Waals surface area contributed by atoms with Crippen LogP contribution < -0.4 is 20.1 Å². The van der Waals surface area contributed by atoms with Gasteiger partial charge in [-0.1, -0.05) is 66.7 Å². The molecule has 0 aliphatic rings. The van der Waals surface area contributed by atoms with Crippen LogP contribution >= 0.6 is 0 Å². The lowest BCUT2D eigenvalue weighted by Crippen LogP contribution is -2.33. The van der Waals surface area contributed by atoms with Gasteiger partial charge in [0.05, 0.1) is 18.2 Å². The Kier molecular flexibility index (Phi) is 8.77. The van der Waals surface area contributed by atoms with Gasteiger partial charge in [0.15, 0.2) is 11.5 Å². The van der Waals surface area contributed by atoms with Crippen molar-refractivity contribution in [3.05, 3.63) is 125 Å². The van der Waals surface area contributed by atoms with Crippen LogP contribution in [0.2, 0.25) is 0 Å². The van der Waals surface area contributed by atoms with Crippen molar-refractivity contribution in [2.45, 2.75) is 26.1 Å². The van der Waals surface area contributed by atoms with E-state index in [1.807, 2.05) is 85.8 Å². The van der Waals surface area contributed by atoms with E-state index in [4.69, 9.17) is 14.7 Å². The number of rotatable bonds is 11. The molecule has 4 rings (SSSR count). The molecule has 0 heterocycles. The minimum atomic E-state index is -0.695. The molecule has 0 spiro atoms. The van der Waals surface area contributed by atoms with Gasteiger partial charge in [-0.05, 0) is 60.0 Å². The third kappa shape index (κ3) is 7.12. The minimum absolute atomic E-state index is 0.186. The first kappa shape index (κ1) is 25.3. The highest BCUT2D eigenvalue weighted by Gasteiger charge is 2.22. The van der Waals surface area contributed by atoms with E-state index in [9.17, 15) is 4.79 Å². The van der Waals surface area contributed by atoms with E-state index >= 15 is 0 Å². The molecule has 0 fully saturated rings. The molecule has 1 atom stereocenters. The van der Waals surface area contributed by atoms with Gasteiger partial charge in [-0.15, -0.1) is 0 Å². The summed E-state index contributed by atoms with van der Waals surface area (Å²) in [4.78, 5) is 13.4. The van der Waals surface area contributed by atoms with E-state index in [0.717, 1.165) is 22.4 Å². The van der Waals surface area contributed by atoms with Gasteiger partial charge in [0.2, 0.25) is 5.91 Å². The topological polar surface area (TPSA) is 83.4 Å². The number of carbonyl (C=O) groups excluding carboxylic acids is 1. The number of nitrogens with one attached hydrogen (secondary N) is 2. The molecule has 0 bridgehead atoms. The van der Waals surface area contributed by atoms with Crippen LogP contribution in [0.15, 0.2) is 103 Å². The number of amides is 1. The highest BCUT2D eigenvalue weighted by molar-refractivity contribution is 5.86. The second kappa shape index (κ2) is 12.8. The molecular weight excluding hydrogens is 462 g/mol. The van der Waals surface area contributed by atoms with Crippen LogP contribution in [0.4, 0.5) is 5.69 Å². The van der Waals surface area contributed by atoms with Crippen molar-refractivity contribution in [1.29, 1.82) is 5.26 Å². The highest BCUT2D eigenvalue weighted by atomic mass is 16.5. The zero-order valence-corrected chi connectivity index (χ0v) is 20.7. The average molecular weight is 492 g/mol. The molecule has 6 nitrogen and oxygen atoms in total. The summed E-state index contributed by atoms with van der Waals surface area (Å²) in [5.74, 6) is 0.989. The monoisotopic (exact) mass is 491 g/mol. The van der Waals surface area contributed by atoms with Crippen LogP contribution in [0.3, 0.4) is 0 Å². The van der Waals surface area contributed by atoms with Gasteiger partial charge in [-0.2, -0.15) is 5.26 Å². The maximum atomic E-state index is 13.4. The zero-order valence-electron chi connectivity index (χ0n) is 20.7. The number of ether oxygens (including phenoxy) is 2. The molecule has 4 aromatic rings. The van der Waals surface area contributed by atoms with Crippen LogP contribution in [0.1, 0.15) is 35.2 Å². The van der Waals surface area contributed by atoms with Crippen molar-refractivity contribution >= 4 is 11.6 Å². The Morgan fingerprint density at radius 3 is 2.16 bits per heavy atom. The van der Waals surface area contributed by atoms with Crippen LogP contribution in [-0.2, 0) is 17.9 Å². The molecule has 2 N–H and O–H groups in total. The van der Waals surface area contributed by atoms with E-state index in [1.54, 1.807) is 24.3 Å². The minimum Gasteiger partial charge on any atom is -0.490 e. The summed E-state index contributed by atoms with van der Waals surface area (Å²) < 4.78 is 11.9. The maximum Gasteiger partial charge on any atom is 0.247 e. The fourth-order valence-electron chi connectivity index (χ4n) is 3.82. The van der Waals surface area contributed by atoms with Gasteiger partial charge in [-0.3, -0.25) is 4.79 Å². The number of nitriles is 1. The normalized spacial score (nSPS) is 11.1. The van der Waals surface area contributed by atoms with Crippen molar-refractivity contribution in [1.82, 2.24) is 5.32 Å². The predicted molar refractivity (Wildman–Crippen MR) is 144 cm³/mol. The molecule has 37 heavy (non-hydrogen) atoms. The third-order valence-electron chi connectivity index (χ3n) is 5.73. The Bertz CT molecular complexity index is 1330. The Balaban J connectivity index is 1.58. The maximum absolute atomic E-state index is 13.4. The first-order chi connectivity index (χ1) is 18.2. The van der Waals surface area contributed by atoms with Crippen molar-refractivity contribution in [3.63, 3.8) is 0 Å². The summed E-state index contributed by atoms with van der Waals surface area (Å²) in [6.45, 7) is 3.18. The van der Waals surface area contributed by atoms with Crippen LogP contribution in [0, 0.1) is 11.3 Å². The molecule has 0 aromatic heterocycles. The third-order valence-corrected chi connectivity index (χ3v) is 5.73. The quantitative estimate of drug-likeness (QED) is 0.269. The summed E-state index contributed by atoms with van der Waals surface area (Å²) in [5, 5.41) is 15.5. The van der Waals surface area contributed by atoms with E-state index in [0.29, 0.717) is 36.8 Å². The Hall–Kier alpha value is -4.76. The smallest absolute Gasteiger partial charge is 0.247 e. The van der Waals surface area contributed by atoms with Gasteiger partial charge < -0.3 is 20.1 Å². The second-order valence-electron chi connectivity index (χ2n) is 8.38. The standard InChI is InChI=1S/C31H29N3O3/c1-2-36-29-19-26(15-18-28(29)37-22-25-11-7-4-8-12-25)30(34-27-16-13-23(20-32)14-17-27)31(35)33-21-24-9-5-3-6-10-24/h3-19,30,34H,2,21-22H2,1H3,(H,33,35)/t30-/m0/s1. The molecule has 0 saturated heterocycles. The summed E-state index contributed by atoms with van der Waals surface area (Å²) in [6.07, 6.45) is 0. The van der Waals surface area contributed by atoms with E-state index in [2.05, 4.69) is 16.7 Å². The molecule has 6 heteroatoms.